The highest BCUT2D eigenvalue weighted by atomic mass is 15.0. The van der Waals surface area contributed by atoms with Crippen molar-refractivity contribution in [2.24, 2.45) is 0 Å². The maximum absolute atomic E-state index is 5.03. The molecule has 0 amide bonds. The summed E-state index contributed by atoms with van der Waals surface area (Å²) >= 11 is 0. The SMILES string of the molecule is C=C/C=C\C=C(/C)c1c(-c2ccccc2)c(-c2ccccc2)cc(-c2cccc(-c3cccc(-c4nc(-c5ccccc5)nc(-c5ccccc5)n4)c3)c2)c1-c1ccccc1. The first-order chi connectivity index (χ1) is 30.1. The summed E-state index contributed by atoms with van der Waals surface area (Å²) in [5.74, 6) is 1.90. The molecule has 0 aliphatic rings. The Morgan fingerprint density at radius 3 is 1.20 bits per heavy atom. The zero-order valence-corrected chi connectivity index (χ0v) is 34.0. The second-order valence-electron chi connectivity index (χ2n) is 14.9. The summed E-state index contributed by atoms with van der Waals surface area (Å²) in [5, 5.41) is 0. The lowest BCUT2D eigenvalue weighted by Crippen LogP contribution is -2.00. The van der Waals surface area contributed by atoms with Crippen LogP contribution in [-0.2, 0) is 0 Å². The number of benzene rings is 8. The van der Waals surface area contributed by atoms with E-state index in [1.54, 1.807) is 0 Å². The van der Waals surface area contributed by atoms with E-state index in [9.17, 15) is 0 Å². The molecule has 0 fully saturated rings. The van der Waals surface area contributed by atoms with Gasteiger partial charge in [-0.25, -0.2) is 15.0 Å². The van der Waals surface area contributed by atoms with Crippen LogP contribution in [0.4, 0.5) is 0 Å². The molecule has 290 valence electrons. The molecule has 61 heavy (non-hydrogen) atoms. The molecule has 8 aromatic carbocycles. The highest BCUT2D eigenvalue weighted by molar-refractivity contribution is 6.04. The highest BCUT2D eigenvalue weighted by Crippen LogP contribution is 2.48. The average molecular weight is 782 g/mol. The summed E-state index contributed by atoms with van der Waals surface area (Å²) in [7, 11) is 0. The number of hydrogen-bond donors (Lipinski definition) is 0. The van der Waals surface area contributed by atoms with Crippen LogP contribution in [0.15, 0.2) is 237 Å². The van der Waals surface area contributed by atoms with Gasteiger partial charge in [0, 0.05) is 16.7 Å². The molecule has 1 aromatic heterocycles. The molecule has 0 aliphatic carbocycles. The Labute approximate surface area is 358 Å². The van der Waals surface area contributed by atoms with E-state index in [0.29, 0.717) is 17.5 Å². The predicted octanol–water partition coefficient (Wildman–Crippen LogP) is 15.4. The third kappa shape index (κ3) is 8.32. The van der Waals surface area contributed by atoms with Crippen molar-refractivity contribution >= 4 is 5.57 Å². The third-order valence-electron chi connectivity index (χ3n) is 10.9. The van der Waals surface area contributed by atoms with Gasteiger partial charge in [-0.3, -0.25) is 0 Å². The summed E-state index contributed by atoms with van der Waals surface area (Å²) < 4.78 is 0. The number of aromatic nitrogens is 3. The zero-order valence-electron chi connectivity index (χ0n) is 34.0. The lowest BCUT2D eigenvalue weighted by molar-refractivity contribution is 1.07. The van der Waals surface area contributed by atoms with E-state index in [4.69, 9.17) is 15.0 Å². The van der Waals surface area contributed by atoms with Gasteiger partial charge in [-0.05, 0) is 91.9 Å². The maximum Gasteiger partial charge on any atom is 0.164 e. The van der Waals surface area contributed by atoms with Gasteiger partial charge in [-0.1, -0.05) is 219 Å². The molecule has 0 aliphatic heterocycles. The van der Waals surface area contributed by atoms with Crippen LogP contribution in [0.2, 0.25) is 0 Å². The van der Waals surface area contributed by atoms with Crippen LogP contribution >= 0.6 is 0 Å². The topological polar surface area (TPSA) is 38.7 Å². The van der Waals surface area contributed by atoms with Gasteiger partial charge in [0.15, 0.2) is 17.5 Å². The van der Waals surface area contributed by atoms with E-state index in [0.717, 1.165) is 61.2 Å². The molecular formula is C58H43N3. The Kier molecular flexibility index (Phi) is 11.3. The lowest BCUT2D eigenvalue weighted by Gasteiger charge is -2.25. The Bertz CT molecular complexity index is 2950. The smallest absolute Gasteiger partial charge is 0.164 e. The zero-order chi connectivity index (χ0) is 41.4. The highest BCUT2D eigenvalue weighted by Gasteiger charge is 2.24. The number of rotatable bonds is 11. The van der Waals surface area contributed by atoms with Gasteiger partial charge >= 0.3 is 0 Å². The first kappa shape index (κ1) is 38.5. The molecule has 0 spiro atoms. The summed E-state index contributed by atoms with van der Waals surface area (Å²) in [5.41, 5.74) is 16.6. The third-order valence-corrected chi connectivity index (χ3v) is 10.9. The minimum absolute atomic E-state index is 0.624. The Hall–Kier alpha value is -8.01. The molecule has 9 aromatic rings. The first-order valence-corrected chi connectivity index (χ1v) is 20.6. The standard InChI is InChI=1S/C58H43N3/c1-3-4-10-23-41(2)53-54(43-26-13-6-14-27-43)51(42-24-11-5-12-25-42)40-52(55(53)44-28-15-7-16-29-44)49-36-21-34-47(38-49)48-35-22-37-50(39-48)58-60-56(45-30-17-8-18-31-45)59-57(61-58)46-32-19-9-20-33-46/h3-40H,1H2,2H3/b10-4-,41-23+. The minimum atomic E-state index is 0.624. The van der Waals surface area contributed by atoms with Crippen LogP contribution in [-0.4, -0.2) is 15.0 Å². The molecule has 0 radical (unpaired) electrons. The van der Waals surface area contributed by atoms with Crippen LogP contribution in [0.3, 0.4) is 0 Å². The van der Waals surface area contributed by atoms with Crippen molar-refractivity contribution < 1.29 is 0 Å². The normalized spacial score (nSPS) is 11.5. The van der Waals surface area contributed by atoms with Crippen molar-refractivity contribution in [2.75, 3.05) is 0 Å². The summed E-state index contributed by atoms with van der Waals surface area (Å²) in [6.07, 6.45) is 8.07. The fourth-order valence-electron chi connectivity index (χ4n) is 7.96. The number of nitrogens with zero attached hydrogens (tertiary/aromatic N) is 3. The van der Waals surface area contributed by atoms with Crippen LogP contribution in [0.25, 0.3) is 95.4 Å². The van der Waals surface area contributed by atoms with Crippen molar-refractivity contribution in [2.45, 2.75) is 6.92 Å². The fraction of sp³-hybridized carbons (Fsp3) is 0.0172. The van der Waals surface area contributed by atoms with E-state index >= 15 is 0 Å². The Morgan fingerprint density at radius 2 is 0.721 bits per heavy atom. The second kappa shape index (κ2) is 17.9. The molecule has 0 bridgehead atoms. The average Bonchev–Trinajstić information content (AvgIpc) is 3.34. The fourth-order valence-corrected chi connectivity index (χ4v) is 7.96. The van der Waals surface area contributed by atoms with Gasteiger partial charge in [-0.2, -0.15) is 0 Å². The predicted molar refractivity (Wildman–Crippen MR) is 256 cm³/mol. The molecule has 3 nitrogen and oxygen atoms in total. The molecule has 0 saturated heterocycles. The van der Waals surface area contributed by atoms with Crippen molar-refractivity contribution in [3.05, 3.63) is 243 Å². The maximum atomic E-state index is 5.03. The van der Waals surface area contributed by atoms with Crippen molar-refractivity contribution in [1.82, 2.24) is 15.0 Å². The molecule has 1 heterocycles. The van der Waals surface area contributed by atoms with Gasteiger partial charge in [0.25, 0.3) is 0 Å². The van der Waals surface area contributed by atoms with Gasteiger partial charge in [0.05, 0.1) is 0 Å². The first-order valence-electron chi connectivity index (χ1n) is 20.6. The van der Waals surface area contributed by atoms with E-state index < -0.39 is 0 Å². The monoisotopic (exact) mass is 781 g/mol. The van der Waals surface area contributed by atoms with Crippen LogP contribution in [0.1, 0.15) is 12.5 Å². The van der Waals surface area contributed by atoms with Crippen LogP contribution in [0, 0.1) is 0 Å². The molecule has 3 heteroatoms. The van der Waals surface area contributed by atoms with Crippen LogP contribution < -0.4 is 0 Å². The summed E-state index contributed by atoms with van der Waals surface area (Å²) in [4.78, 5) is 15.0. The molecular weight excluding hydrogens is 739 g/mol. The Balaban J connectivity index is 1.25. The van der Waals surface area contributed by atoms with Crippen molar-refractivity contribution in [1.29, 1.82) is 0 Å². The quantitative estimate of drug-likeness (QED) is 0.123. The van der Waals surface area contributed by atoms with E-state index in [1.807, 2.05) is 72.8 Å². The second-order valence-corrected chi connectivity index (χ2v) is 14.9. The molecule has 0 N–H and O–H groups in total. The molecule has 0 saturated carbocycles. The Morgan fingerprint density at radius 1 is 0.361 bits per heavy atom. The van der Waals surface area contributed by atoms with E-state index in [2.05, 4.69) is 171 Å². The number of allylic oxidation sites excluding steroid dienone is 5. The van der Waals surface area contributed by atoms with Gasteiger partial charge in [-0.15, -0.1) is 0 Å². The van der Waals surface area contributed by atoms with Gasteiger partial charge < -0.3 is 0 Å². The molecule has 0 unspecified atom stereocenters. The van der Waals surface area contributed by atoms with Crippen LogP contribution in [0.5, 0.6) is 0 Å². The molecule has 0 atom stereocenters. The van der Waals surface area contributed by atoms with Gasteiger partial charge in [0.1, 0.15) is 0 Å². The van der Waals surface area contributed by atoms with Crippen molar-refractivity contribution in [3.8, 4) is 89.8 Å². The van der Waals surface area contributed by atoms with Crippen molar-refractivity contribution in [3.63, 3.8) is 0 Å². The van der Waals surface area contributed by atoms with E-state index in [1.165, 1.54) is 22.3 Å². The molecule has 9 rings (SSSR count). The number of hydrogen-bond acceptors (Lipinski definition) is 3. The largest absolute Gasteiger partial charge is 0.208 e. The van der Waals surface area contributed by atoms with E-state index in [-0.39, 0.29) is 0 Å². The van der Waals surface area contributed by atoms with Gasteiger partial charge in [0.2, 0.25) is 0 Å². The lowest BCUT2D eigenvalue weighted by atomic mass is 9.78. The summed E-state index contributed by atoms with van der Waals surface area (Å²) in [6, 6.07) is 72.3. The minimum Gasteiger partial charge on any atom is -0.208 e. The summed E-state index contributed by atoms with van der Waals surface area (Å²) in [6.45, 7) is 6.15.